The van der Waals surface area contributed by atoms with Crippen LogP contribution in [0, 0.1) is 6.92 Å². The molecule has 0 aromatic heterocycles. The standard InChI is InChI=1S/C14H20N2O4/c1-10-5-4-6-11(9-10)20-8-7-15-13(19)16-14(2,3)12(17)18/h4-6,9H,7-8H2,1-3H3,(H,17,18)(H2,15,16,19). The number of urea groups is 1. The lowest BCUT2D eigenvalue weighted by Gasteiger charge is -2.21. The van der Waals surface area contributed by atoms with Crippen LogP contribution in [0.4, 0.5) is 4.79 Å². The second-order valence-corrected chi connectivity index (χ2v) is 4.98. The third kappa shape index (κ3) is 5.17. The molecule has 0 aliphatic heterocycles. The van der Waals surface area contributed by atoms with Crippen molar-refractivity contribution in [2.75, 3.05) is 13.2 Å². The fourth-order valence-electron chi connectivity index (χ4n) is 1.42. The van der Waals surface area contributed by atoms with Gasteiger partial charge in [-0.2, -0.15) is 0 Å². The quantitative estimate of drug-likeness (QED) is 0.690. The summed E-state index contributed by atoms with van der Waals surface area (Å²) >= 11 is 0. The molecular formula is C14H20N2O4. The Labute approximate surface area is 118 Å². The summed E-state index contributed by atoms with van der Waals surface area (Å²) in [6.45, 7) is 5.39. The van der Waals surface area contributed by atoms with E-state index in [1.165, 1.54) is 13.8 Å². The molecule has 1 aromatic carbocycles. The van der Waals surface area contributed by atoms with E-state index in [0.29, 0.717) is 6.61 Å². The zero-order chi connectivity index (χ0) is 15.2. The van der Waals surface area contributed by atoms with E-state index in [1.807, 2.05) is 31.2 Å². The Morgan fingerprint density at radius 3 is 2.65 bits per heavy atom. The van der Waals surface area contributed by atoms with Crippen molar-refractivity contribution in [3.63, 3.8) is 0 Å². The molecule has 0 aliphatic carbocycles. The van der Waals surface area contributed by atoms with E-state index in [1.54, 1.807) is 0 Å². The smallest absolute Gasteiger partial charge is 0.328 e. The third-order valence-electron chi connectivity index (χ3n) is 2.61. The Morgan fingerprint density at radius 2 is 2.05 bits per heavy atom. The van der Waals surface area contributed by atoms with Gasteiger partial charge in [-0.1, -0.05) is 12.1 Å². The number of aryl methyl sites for hydroxylation is 1. The second kappa shape index (κ2) is 6.79. The summed E-state index contributed by atoms with van der Waals surface area (Å²) in [6, 6.07) is 7.05. The minimum Gasteiger partial charge on any atom is -0.492 e. The molecule has 0 spiro atoms. The van der Waals surface area contributed by atoms with E-state index in [4.69, 9.17) is 9.84 Å². The van der Waals surface area contributed by atoms with Crippen LogP contribution in [0.5, 0.6) is 5.75 Å². The lowest BCUT2D eigenvalue weighted by Crippen LogP contribution is -2.53. The maximum Gasteiger partial charge on any atom is 0.328 e. The van der Waals surface area contributed by atoms with Gasteiger partial charge in [-0.3, -0.25) is 0 Å². The molecule has 0 atom stereocenters. The van der Waals surface area contributed by atoms with Gasteiger partial charge >= 0.3 is 12.0 Å². The predicted molar refractivity (Wildman–Crippen MR) is 74.9 cm³/mol. The van der Waals surface area contributed by atoms with Crippen molar-refractivity contribution in [3.8, 4) is 5.75 Å². The van der Waals surface area contributed by atoms with Gasteiger partial charge in [0.15, 0.2) is 0 Å². The van der Waals surface area contributed by atoms with Gasteiger partial charge in [0.05, 0.1) is 6.54 Å². The lowest BCUT2D eigenvalue weighted by molar-refractivity contribution is -0.142. The normalized spacial score (nSPS) is 10.8. The number of hydrogen-bond acceptors (Lipinski definition) is 3. The Balaban J connectivity index is 2.28. The molecule has 2 amide bonds. The van der Waals surface area contributed by atoms with Crippen molar-refractivity contribution in [2.45, 2.75) is 26.3 Å². The maximum absolute atomic E-state index is 11.5. The van der Waals surface area contributed by atoms with Crippen LogP contribution in [0.25, 0.3) is 0 Å². The Bertz CT molecular complexity index is 486. The van der Waals surface area contributed by atoms with Crippen molar-refractivity contribution >= 4 is 12.0 Å². The Kier molecular flexibility index (Phi) is 5.37. The van der Waals surface area contributed by atoms with E-state index in [9.17, 15) is 9.59 Å². The Hall–Kier alpha value is -2.24. The average molecular weight is 280 g/mol. The highest BCUT2D eigenvalue weighted by atomic mass is 16.5. The van der Waals surface area contributed by atoms with E-state index in [2.05, 4.69) is 10.6 Å². The summed E-state index contributed by atoms with van der Waals surface area (Å²) in [5, 5.41) is 13.8. The van der Waals surface area contributed by atoms with E-state index >= 15 is 0 Å². The zero-order valence-corrected chi connectivity index (χ0v) is 11.9. The molecule has 0 heterocycles. The van der Waals surface area contributed by atoms with Gasteiger partial charge in [0.2, 0.25) is 0 Å². The molecule has 20 heavy (non-hydrogen) atoms. The highest BCUT2D eigenvalue weighted by molar-refractivity contribution is 5.85. The first kappa shape index (κ1) is 15.8. The topological polar surface area (TPSA) is 87.7 Å². The van der Waals surface area contributed by atoms with Crippen molar-refractivity contribution in [1.29, 1.82) is 0 Å². The van der Waals surface area contributed by atoms with Gasteiger partial charge in [-0.25, -0.2) is 9.59 Å². The third-order valence-corrected chi connectivity index (χ3v) is 2.61. The minimum absolute atomic E-state index is 0.287. The number of benzene rings is 1. The van der Waals surface area contributed by atoms with Crippen LogP contribution in [0.3, 0.4) is 0 Å². The fourth-order valence-corrected chi connectivity index (χ4v) is 1.42. The summed E-state index contributed by atoms with van der Waals surface area (Å²) in [5.74, 6) is -0.360. The van der Waals surface area contributed by atoms with Crippen LogP contribution in [0.1, 0.15) is 19.4 Å². The van der Waals surface area contributed by atoms with E-state index < -0.39 is 17.5 Å². The molecule has 0 fully saturated rings. The number of ether oxygens (including phenoxy) is 1. The number of aliphatic carboxylic acids is 1. The molecular weight excluding hydrogens is 260 g/mol. The van der Waals surface area contributed by atoms with Crippen molar-refractivity contribution in [3.05, 3.63) is 29.8 Å². The van der Waals surface area contributed by atoms with E-state index in [0.717, 1.165) is 11.3 Å². The van der Waals surface area contributed by atoms with Crippen LogP contribution in [-0.2, 0) is 4.79 Å². The van der Waals surface area contributed by atoms with Crippen LogP contribution in [-0.4, -0.2) is 35.8 Å². The van der Waals surface area contributed by atoms with Crippen LogP contribution < -0.4 is 15.4 Å². The summed E-state index contributed by atoms with van der Waals surface area (Å²) in [5.41, 5.74) is -0.210. The molecule has 110 valence electrons. The summed E-state index contributed by atoms with van der Waals surface area (Å²) < 4.78 is 5.46. The molecule has 6 nitrogen and oxygen atoms in total. The second-order valence-electron chi connectivity index (χ2n) is 4.98. The van der Waals surface area contributed by atoms with Gasteiger partial charge in [0, 0.05) is 0 Å². The van der Waals surface area contributed by atoms with E-state index in [-0.39, 0.29) is 6.54 Å². The molecule has 0 saturated carbocycles. The summed E-state index contributed by atoms with van der Waals surface area (Å²) in [4.78, 5) is 22.3. The number of carboxylic acid groups (broad SMARTS) is 1. The molecule has 3 N–H and O–H groups in total. The minimum atomic E-state index is -1.30. The highest BCUT2D eigenvalue weighted by Crippen LogP contribution is 2.11. The van der Waals surface area contributed by atoms with Crippen molar-refractivity contribution in [1.82, 2.24) is 10.6 Å². The molecule has 0 saturated heterocycles. The number of amides is 2. The van der Waals surface area contributed by atoms with Crippen LogP contribution in [0.2, 0.25) is 0 Å². The number of carbonyl (C=O) groups is 2. The largest absolute Gasteiger partial charge is 0.492 e. The number of nitrogens with one attached hydrogen (secondary N) is 2. The average Bonchev–Trinajstić information content (AvgIpc) is 2.34. The zero-order valence-electron chi connectivity index (χ0n) is 11.9. The maximum atomic E-state index is 11.5. The van der Waals surface area contributed by atoms with Crippen molar-refractivity contribution < 1.29 is 19.4 Å². The monoisotopic (exact) mass is 280 g/mol. The van der Waals surface area contributed by atoms with Gasteiger partial charge < -0.3 is 20.5 Å². The molecule has 0 aliphatic rings. The van der Waals surface area contributed by atoms with Crippen molar-refractivity contribution in [2.24, 2.45) is 0 Å². The molecule has 1 rings (SSSR count). The SMILES string of the molecule is Cc1cccc(OCCNC(=O)NC(C)(C)C(=O)O)c1. The van der Waals surface area contributed by atoms with Gasteiger partial charge in [0.1, 0.15) is 17.9 Å². The Morgan fingerprint density at radius 1 is 1.35 bits per heavy atom. The van der Waals surface area contributed by atoms with Crippen LogP contribution >= 0.6 is 0 Å². The summed E-state index contributed by atoms with van der Waals surface area (Å²) in [7, 11) is 0. The first-order valence-electron chi connectivity index (χ1n) is 6.30. The summed E-state index contributed by atoms with van der Waals surface area (Å²) in [6.07, 6.45) is 0. The number of carbonyl (C=O) groups excluding carboxylic acids is 1. The highest BCUT2D eigenvalue weighted by Gasteiger charge is 2.28. The van der Waals surface area contributed by atoms with Gasteiger partial charge in [-0.15, -0.1) is 0 Å². The fraction of sp³-hybridized carbons (Fsp3) is 0.429. The molecule has 6 heteroatoms. The molecule has 0 radical (unpaired) electrons. The number of hydrogen-bond donors (Lipinski definition) is 3. The molecule has 0 bridgehead atoms. The predicted octanol–water partition coefficient (Wildman–Crippen LogP) is 1.54. The number of rotatable bonds is 6. The lowest BCUT2D eigenvalue weighted by atomic mass is 10.1. The van der Waals surface area contributed by atoms with Crippen LogP contribution in [0.15, 0.2) is 24.3 Å². The first-order valence-corrected chi connectivity index (χ1v) is 6.30. The van der Waals surface area contributed by atoms with Gasteiger partial charge in [-0.05, 0) is 38.5 Å². The first-order chi connectivity index (χ1) is 9.31. The number of carboxylic acids is 1. The van der Waals surface area contributed by atoms with Gasteiger partial charge in [0.25, 0.3) is 0 Å². The molecule has 0 unspecified atom stereocenters. The molecule has 1 aromatic rings.